The van der Waals surface area contributed by atoms with E-state index in [2.05, 4.69) is 15.9 Å². The number of sulfone groups is 1. The highest BCUT2D eigenvalue weighted by molar-refractivity contribution is 9.09. The Morgan fingerprint density at radius 1 is 1.38 bits per heavy atom. The molecular formula is C11H15BrO3S. The average molecular weight is 307 g/mol. The minimum Gasteiger partial charge on any atom is -0.497 e. The summed E-state index contributed by atoms with van der Waals surface area (Å²) in [5.74, 6) is 0.850. The fourth-order valence-electron chi connectivity index (χ4n) is 1.45. The Bertz CT molecular complexity index is 454. The van der Waals surface area contributed by atoms with Gasteiger partial charge in [-0.05, 0) is 37.1 Å². The molecule has 0 aliphatic heterocycles. The van der Waals surface area contributed by atoms with E-state index in [-0.39, 0.29) is 5.75 Å². The van der Waals surface area contributed by atoms with Crippen LogP contribution in [0.3, 0.4) is 0 Å². The molecule has 0 unspecified atom stereocenters. The van der Waals surface area contributed by atoms with Crippen molar-refractivity contribution in [3.8, 4) is 5.75 Å². The summed E-state index contributed by atoms with van der Waals surface area (Å²) in [6.07, 6.45) is 0.619. The third kappa shape index (κ3) is 3.22. The van der Waals surface area contributed by atoms with Crippen LogP contribution in [0.2, 0.25) is 0 Å². The lowest BCUT2D eigenvalue weighted by Crippen LogP contribution is -2.09. The molecule has 0 saturated heterocycles. The van der Waals surface area contributed by atoms with Gasteiger partial charge in [0.1, 0.15) is 5.75 Å². The van der Waals surface area contributed by atoms with Crippen molar-refractivity contribution in [1.82, 2.24) is 0 Å². The van der Waals surface area contributed by atoms with Gasteiger partial charge in [-0.3, -0.25) is 0 Å². The molecule has 1 aromatic rings. The summed E-state index contributed by atoms with van der Waals surface area (Å²) in [4.78, 5) is 0.397. The smallest absolute Gasteiger partial charge is 0.178 e. The first-order valence-corrected chi connectivity index (χ1v) is 7.72. The molecule has 1 aromatic carbocycles. The minimum atomic E-state index is -3.16. The highest BCUT2D eigenvalue weighted by Crippen LogP contribution is 2.22. The fourth-order valence-corrected chi connectivity index (χ4v) is 3.67. The van der Waals surface area contributed by atoms with Crippen molar-refractivity contribution >= 4 is 25.8 Å². The average Bonchev–Trinajstić information content (AvgIpc) is 2.25. The quantitative estimate of drug-likeness (QED) is 0.785. The summed E-state index contributed by atoms with van der Waals surface area (Å²) in [5, 5.41) is 0.696. The van der Waals surface area contributed by atoms with Gasteiger partial charge < -0.3 is 4.74 Å². The molecule has 0 N–H and O–H groups in total. The lowest BCUT2D eigenvalue weighted by molar-refractivity contribution is 0.414. The molecule has 90 valence electrons. The van der Waals surface area contributed by atoms with Crippen molar-refractivity contribution in [2.45, 2.75) is 18.2 Å². The minimum absolute atomic E-state index is 0.172. The predicted octanol–water partition coefficient (Wildman–Crippen LogP) is 2.56. The molecule has 0 saturated carbocycles. The van der Waals surface area contributed by atoms with E-state index in [4.69, 9.17) is 4.74 Å². The lowest BCUT2D eigenvalue weighted by atomic mass is 10.2. The summed E-state index contributed by atoms with van der Waals surface area (Å²) in [7, 11) is -1.60. The SMILES string of the molecule is COc1ccc(S(=O)(=O)CCCBr)c(C)c1. The van der Waals surface area contributed by atoms with Gasteiger partial charge in [-0.15, -0.1) is 0 Å². The summed E-state index contributed by atoms with van der Waals surface area (Å²) in [5.41, 5.74) is 0.730. The van der Waals surface area contributed by atoms with Gasteiger partial charge in [-0.25, -0.2) is 8.42 Å². The zero-order chi connectivity index (χ0) is 12.2. The van der Waals surface area contributed by atoms with E-state index >= 15 is 0 Å². The Balaban J connectivity index is 3.04. The molecule has 5 heteroatoms. The molecule has 0 aromatic heterocycles. The van der Waals surface area contributed by atoms with E-state index in [1.165, 1.54) is 0 Å². The molecule has 0 spiro atoms. The lowest BCUT2D eigenvalue weighted by Gasteiger charge is -2.08. The maximum absolute atomic E-state index is 11.9. The van der Waals surface area contributed by atoms with Crippen molar-refractivity contribution in [2.24, 2.45) is 0 Å². The van der Waals surface area contributed by atoms with E-state index in [0.29, 0.717) is 22.4 Å². The van der Waals surface area contributed by atoms with Crippen molar-refractivity contribution in [3.05, 3.63) is 23.8 Å². The summed E-state index contributed by atoms with van der Waals surface area (Å²) >= 11 is 3.23. The van der Waals surface area contributed by atoms with E-state index < -0.39 is 9.84 Å². The largest absolute Gasteiger partial charge is 0.497 e. The zero-order valence-corrected chi connectivity index (χ0v) is 11.8. The van der Waals surface area contributed by atoms with Gasteiger partial charge in [0.2, 0.25) is 0 Å². The number of hydrogen-bond donors (Lipinski definition) is 0. The van der Waals surface area contributed by atoms with Gasteiger partial charge in [0.05, 0.1) is 17.8 Å². The van der Waals surface area contributed by atoms with Crippen molar-refractivity contribution in [2.75, 3.05) is 18.2 Å². The number of halogens is 1. The van der Waals surface area contributed by atoms with Crippen LogP contribution in [0, 0.1) is 6.92 Å². The number of rotatable bonds is 5. The summed E-state index contributed by atoms with van der Waals surface area (Å²) in [6.45, 7) is 1.78. The fraction of sp³-hybridized carbons (Fsp3) is 0.455. The molecule has 0 fully saturated rings. The summed E-state index contributed by atoms with van der Waals surface area (Å²) in [6, 6.07) is 5.02. The van der Waals surface area contributed by atoms with E-state index in [0.717, 1.165) is 5.56 Å². The molecule has 0 radical (unpaired) electrons. The second-order valence-electron chi connectivity index (χ2n) is 3.49. The molecule has 0 aliphatic carbocycles. The Kier molecular flexibility index (Phi) is 4.80. The first kappa shape index (κ1) is 13.5. The van der Waals surface area contributed by atoms with Gasteiger partial charge in [-0.2, -0.15) is 0 Å². The second-order valence-corrected chi connectivity index (χ2v) is 6.36. The third-order valence-corrected chi connectivity index (χ3v) is 4.78. The normalized spacial score (nSPS) is 11.4. The predicted molar refractivity (Wildman–Crippen MR) is 68.2 cm³/mol. The Labute approximate surface area is 105 Å². The maximum Gasteiger partial charge on any atom is 0.178 e. The zero-order valence-electron chi connectivity index (χ0n) is 9.36. The topological polar surface area (TPSA) is 43.4 Å². The first-order valence-electron chi connectivity index (χ1n) is 4.94. The van der Waals surface area contributed by atoms with E-state index in [9.17, 15) is 8.42 Å². The molecule has 0 atom stereocenters. The van der Waals surface area contributed by atoms with Crippen molar-refractivity contribution in [3.63, 3.8) is 0 Å². The molecule has 16 heavy (non-hydrogen) atoms. The molecule has 0 aliphatic rings. The van der Waals surface area contributed by atoms with Crippen LogP contribution >= 0.6 is 15.9 Å². The van der Waals surface area contributed by atoms with Gasteiger partial charge in [0.15, 0.2) is 9.84 Å². The number of ether oxygens (including phenoxy) is 1. The number of hydrogen-bond acceptors (Lipinski definition) is 3. The summed E-state index contributed by atoms with van der Waals surface area (Å²) < 4.78 is 28.9. The van der Waals surface area contributed by atoms with Crippen molar-refractivity contribution in [1.29, 1.82) is 0 Å². The van der Waals surface area contributed by atoms with E-state index in [1.807, 2.05) is 0 Å². The maximum atomic E-state index is 11.9. The Hall–Kier alpha value is -0.550. The van der Waals surface area contributed by atoms with Crippen LogP contribution < -0.4 is 4.74 Å². The molecule has 0 bridgehead atoms. The number of benzene rings is 1. The molecule has 0 amide bonds. The standard InChI is InChI=1S/C11H15BrO3S/c1-9-8-10(15-2)4-5-11(9)16(13,14)7-3-6-12/h4-5,8H,3,6-7H2,1-2H3. The van der Waals surface area contributed by atoms with Crippen LogP contribution in [0.15, 0.2) is 23.1 Å². The van der Waals surface area contributed by atoms with Crippen LogP contribution in [-0.2, 0) is 9.84 Å². The number of alkyl halides is 1. The van der Waals surface area contributed by atoms with Gasteiger partial charge in [0, 0.05) is 5.33 Å². The first-order chi connectivity index (χ1) is 7.51. The highest BCUT2D eigenvalue weighted by atomic mass is 79.9. The highest BCUT2D eigenvalue weighted by Gasteiger charge is 2.16. The van der Waals surface area contributed by atoms with Crippen LogP contribution in [0.4, 0.5) is 0 Å². The molecule has 0 heterocycles. The van der Waals surface area contributed by atoms with Crippen molar-refractivity contribution < 1.29 is 13.2 Å². The van der Waals surface area contributed by atoms with Gasteiger partial charge >= 0.3 is 0 Å². The monoisotopic (exact) mass is 306 g/mol. The van der Waals surface area contributed by atoms with E-state index in [1.54, 1.807) is 32.2 Å². The van der Waals surface area contributed by atoms with Crippen LogP contribution in [0.5, 0.6) is 5.75 Å². The van der Waals surface area contributed by atoms with Gasteiger partial charge in [0.25, 0.3) is 0 Å². The Morgan fingerprint density at radius 2 is 2.06 bits per heavy atom. The number of methoxy groups -OCH3 is 1. The molecule has 1 rings (SSSR count). The van der Waals surface area contributed by atoms with Crippen LogP contribution in [0.25, 0.3) is 0 Å². The van der Waals surface area contributed by atoms with Crippen LogP contribution in [-0.4, -0.2) is 26.6 Å². The number of aryl methyl sites for hydroxylation is 1. The third-order valence-electron chi connectivity index (χ3n) is 2.26. The van der Waals surface area contributed by atoms with Crippen LogP contribution in [0.1, 0.15) is 12.0 Å². The Morgan fingerprint density at radius 3 is 2.56 bits per heavy atom. The molecule has 3 nitrogen and oxygen atoms in total. The second kappa shape index (κ2) is 5.68. The van der Waals surface area contributed by atoms with Gasteiger partial charge in [-0.1, -0.05) is 15.9 Å². The molecular weight excluding hydrogens is 292 g/mol.